The summed E-state index contributed by atoms with van der Waals surface area (Å²) in [5.41, 5.74) is 5.32. The molecule has 170 valence electrons. The molecule has 0 saturated carbocycles. The number of hydrogen-bond acceptors (Lipinski definition) is 8. The van der Waals surface area contributed by atoms with Crippen molar-refractivity contribution in [2.24, 2.45) is 21.1 Å². The summed E-state index contributed by atoms with van der Waals surface area (Å²) in [6.07, 6.45) is 0. The second kappa shape index (κ2) is 8.71. The number of nitrogens with two attached hydrogens (primary N) is 1. The van der Waals surface area contributed by atoms with Gasteiger partial charge in [-0.1, -0.05) is 0 Å². The van der Waals surface area contributed by atoms with Gasteiger partial charge in [0.25, 0.3) is 11.1 Å². The molecule has 0 fully saturated rings. The number of nitriles is 1. The first kappa shape index (κ1) is 22.8. The SMILES string of the molecule is CNc1c(N)c(=O)[nH]c(=O)n1C.Cn1c(-c2ccc(C#N)cc2)nc2c(=O)[nH]c(=O)n(C)c21. The highest BCUT2D eigenvalue weighted by Gasteiger charge is 2.15. The third kappa shape index (κ3) is 4.04. The van der Waals surface area contributed by atoms with E-state index in [9.17, 15) is 19.2 Å². The van der Waals surface area contributed by atoms with Crippen LogP contribution in [0.4, 0.5) is 11.5 Å². The normalized spacial score (nSPS) is 10.4. The molecule has 0 aliphatic rings. The Morgan fingerprint density at radius 2 is 1.52 bits per heavy atom. The van der Waals surface area contributed by atoms with Gasteiger partial charge in [-0.05, 0) is 24.3 Å². The highest BCUT2D eigenvalue weighted by atomic mass is 16.2. The zero-order valence-electron chi connectivity index (χ0n) is 18.3. The Morgan fingerprint density at radius 3 is 2.09 bits per heavy atom. The number of fused-ring (bicyclic) bond motifs is 1. The van der Waals surface area contributed by atoms with Crippen LogP contribution in [0, 0.1) is 11.3 Å². The molecular weight excluding hydrogens is 430 g/mol. The van der Waals surface area contributed by atoms with Gasteiger partial charge in [0.2, 0.25) is 0 Å². The van der Waals surface area contributed by atoms with Crippen molar-refractivity contribution in [3.63, 3.8) is 0 Å². The lowest BCUT2D eigenvalue weighted by molar-refractivity contribution is 0.796. The van der Waals surface area contributed by atoms with Gasteiger partial charge in [-0.2, -0.15) is 5.26 Å². The van der Waals surface area contributed by atoms with Gasteiger partial charge in [-0.25, -0.2) is 14.6 Å². The van der Waals surface area contributed by atoms with E-state index in [1.807, 2.05) is 6.07 Å². The molecule has 0 aliphatic carbocycles. The minimum atomic E-state index is -0.567. The molecule has 1 aromatic carbocycles. The average Bonchev–Trinajstić information content (AvgIpc) is 3.15. The maximum absolute atomic E-state index is 11.9. The summed E-state index contributed by atoms with van der Waals surface area (Å²) in [7, 11) is 6.41. The Morgan fingerprint density at radius 1 is 0.939 bits per heavy atom. The number of nitrogens with zero attached hydrogens (tertiary/aromatic N) is 5. The van der Waals surface area contributed by atoms with E-state index in [-0.39, 0.29) is 11.2 Å². The smallest absolute Gasteiger partial charge is 0.329 e. The quantitative estimate of drug-likeness (QED) is 0.304. The Bertz CT molecular complexity index is 1590. The fourth-order valence-corrected chi connectivity index (χ4v) is 3.26. The zero-order valence-corrected chi connectivity index (χ0v) is 18.3. The Balaban J connectivity index is 0.000000218. The molecule has 33 heavy (non-hydrogen) atoms. The topological polar surface area (TPSA) is 189 Å². The van der Waals surface area contributed by atoms with Crippen LogP contribution in [0.5, 0.6) is 0 Å². The van der Waals surface area contributed by atoms with E-state index in [0.29, 0.717) is 22.9 Å². The van der Waals surface area contributed by atoms with Crippen LogP contribution in [-0.2, 0) is 21.1 Å². The van der Waals surface area contributed by atoms with Gasteiger partial charge in [0, 0.05) is 33.8 Å². The largest absolute Gasteiger partial charge is 0.391 e. The predicted molar refractivity (Wildman–Crippen MR) is 123 cm³/mol. The molecule has 0 radical (unpaired) electrons. The van der Waals surface area contributed by atoms with Crippen molar-refractivity contribution in [3.8, 4) is 17.5 Å². The molecule has 0 bridgehead atoms. The lowest BCUT2D eigenvalue weighted by Gasteiger charge is -2.07. The summed E-state index contributed by atoms with van der Waals surface area (Å²) in [5.74, 6) is 0.880. The molecule has 5 N–H and O–H groups in total. The number of hydrogen-bond donors (Lipinski definition) is 4. The molecule has 13 nitrogen and oxygen atoms in total. The summed E-state index contributed by atoms with van der Waals surface area (Å²) in [6, 6.07) is 8.91. The first-order chi connectivity index (χ1) is 15.6. The second-order valence-electron chi connectivity index (χ2n) is 7.00. The van der Waals surface area contributed by atoms with Crippen LogP contribution >= 0.6 is 0 Å². The fourth-order valence-electron chi connectivity index (χ4n) is 3.26. The minimum Gasteiger partial charge on any atom is -0.391 e. The first-order valence-corrected chi connectivity index (χ1v) is 9.53. The average molecular weight is 451 g/mol. The summed E-state index contributed by atoms with van der Waals surface area (Å²) < 4.78 is 4.26. The monoisotopic (exact) mass is 451 g/mol. The minimum absolute atomic E-state index is 0.0135. The van der Waals surface area contributed by atoms with Crippen LogP contribution in [0.1, 0.15) is 5.56 Å². The summed E-state index contributed by atoms with van der Waals surface area (Å²) in [4.78, 5) is 54.1. The standard InChI is InChI=1S/C14H11N5O2.C6H10N4O2/c1-18-11(9-5-3-8(7-15)4-6-9)16-10-12(20)17-14(21)19(2)13(10)18;1-8-4-3(7)5(11)9-6(12)10(4)2/h3-6H,1-2H3,(H,17,20,21);8H,7H2,1-2H3,(H,9,11,12). The van der Waals surface area contributed by atoms with Crippen molar-refractivity contribution in [1.82, 2.24) is 28.7 Å². The molecule has 3 heterocycles. The van der Waals surface area contributed by atoms with Crippen molar-refractivity contribution in [2.75, 3.05) is 18.1 Å². The molecule has 0 spiro atoms. The van der Waals surface area contributed by atoms with Crippen LogP contribution in [-0.4, -0.2) is 35.7 Å². The highest BCUT2D eigenvalue weighted by molar-refractivity contribution is 5.76. The number of nitrogen functional groups attached to an aromatic ring is 1. The second-order valence-corrected chi connectivity index (χ2v) is 7.00. The van der Waals surface area contributed by atoms with E-state index in [0.717, 1.165) is 5.56 Å². The molecule has 0 aliphatic heterocycles. The van der Waals surface area contributed by atoms with Gasteiger partial charge < -0.3 is 15.6 Å². The molecule has 0 amide bonds. The number of aromatic amines is 2. The Labute approximate surface area is 185 Å². The molecule has 0 saturated heterocycles. The lowest BCUT2D eigenvalue weighted by atomic mass is 10.1. The van der Waals surface area contributed by atoms with Crippen molar-refractivity contribution in [3.05, 3.63) is 71.5 Å². The van der Waals surface area contributed by atoms with Crippen molar-refractivity contribution in [1.29, 1.82) is 5.26 Å². The molecule has 4 aromatic rings. The van der Waals surface area contributed by atoms with Crippen molar-refractivity contribution >= 4 is 22.7 Å². The fraction of sp³-hybridized carbons (Fsp3) is 0.200. The van der Waals surface area contributed by atoms with E-state index >= 15 is 0 Å². The molecular formula is C20H21N9O4. The number of rotatable bonds is 2. The highest BCUT2D eigenvalue weighted by Crippen LogP contribution is 2.21. The number of nitrogens with one attached hydrogen (secondary N) is 3. The lowest BCUT2D eigenvalue weighted by Crippen LogP contribution is -2.31. The third-order valence-corrected chi connectivity index (χ3v) is 4.99. The summed E-state index contributed by atoms with van der Waals surface area (Å²) >= 11 is 0. The summed E-state index contributed by atoms with van der Waals surface area (Å²) in [5, 5.41) is 11.5. The van der Waals surface area contributed by atoms with Gasteiger partial charge in [0.15, 0.2) is 5.52 Å². The van der Waals surface area contributed by atoms with E-state index in [2.05, 4.69) is 20.3 Å². The van der Waals surface area contributed by atoms with Crippen LogP contribution in [0.3, 0.4) is 0 Å². The molecule has 4 rings (SSSR count). The van der Waals surface area contributed by atoms with Gasteiger partial charge in [0.1, 0.15) is 23.0 Å². The number of anilines is 2. The summed E-state index contributed by atoms with van der Waals surface area (Å²) in [6.45, 7) is 0. The molecule has 0 unspecified atom stereocenters. The predicted octanol–water partition coefficient (Wildman–Crippen LogP) is -0.804. The van der Waals surface area contributed by atoms with Gasteiger partial charge in [-0.15, -0.1) is 0 Å². The third-order valence-electron chi connectivity index (χ3n) is 4.99. The molecule has 0 atom stereocenters. The van der Waals surface area contributed by atoms with Crippen molar-refractivity contribution < 1.29 is 0 Å². The number of aromatic nitrogens is 6. The molecule has 3 aromatic heterocycles. The van der Waals surface area contributed by atoms with Crippen LogP contribution in [0.15, 0.2) is 43.4 Å². The van der Waals surface area contributed by atoms with Gasteiger partial charge >= 0.3 is 11.4 Å². The van der Waals surface area contributed by atoms with Crippen LogP contribution < -0.4 is 33.5 Å². The Kier molecular flexibility index (Phi) is 6.02. The first-order valence-electron chi connectivity index (χ1n) is 9.53. The van der Waals surface area contributed by atoms with E-state index < -0.39 is 22.5 Å². The number of imidazole rings is 1. The van der Waals surface area contributed by atoms with Gasteiger partial charge in [0.05, 0.1) is 11.6 Å². The van der Waals surface area contributed by atoms with E-state index in [4.69, 9.17) is 11.0 Å². The Hall–Kier alpha value is -4.86. The van der Waals surface area contributed by atoms with E-state index in [1.54, 1.807) is 50.0 Å². The van der Waals surface area contributed by atoms with Crippen LogP contribution in [0.25, 0.3) is 22.6 Å². The van der Waals surface area contributed by atoms with E-state index in [1.165, 1.54) is 16.2 Å². The maximum atomic E-state index is 11.9. The number of aryl methyl sites for hydroxylation is 2. The molecule has 13 heteroatoms. The number of H-pyrrole nitrogens is 2. The zero-order chi connectivity index (χ0) is 24.4. The maximum Gasteiger partial charge on any atom is 0.329 e. The van der Waals surface area contributed by atoms with Gasteiger partial charge in [-0.3, -0.25) is 28.7 Å². The van der Waals surface area contributed by atoms with Crippen molar-refractivity contribution in [2.45, 2.75) is 0 Å². The van der Waals surface area contributed by atoms with Crippen LogP contribution in [0.2, 0.25) is 0 Å². The number of benzene rings is 1.